The third-order valence-corrected chi connectivity index (χ3v) is 6.03. The lowest BCUT2D eigenvalue weighted by molar-refractivity contribution is -0.140. The fourth-order valence-electron chi connectivity index (χ4n) is 4.16. The molecule has 1 aliphatic carbocycles. The van der Waals surface area contributed by atoms with Crippen molar-refractivity contribution in [2.45, 2.75) is 51.1 Å². The van der Waals surface area contributed by atoms with Crippen LogP contribution in [0.25, 0.3) is 0 Å². The molecular weight excluding hydrogens is 556 g/mol. The summed E-state index contributed by atoms with van der Waals surface area (Å²) >= 11 is 0. The molecule has 4 N–H and O–H groups in total. The Morgan fingerprint density at radius 3 is 1.80 bits per heavy atom. The van der Waals surface area contributed by atoms with E-state index in [0.29, 0.717) is 12.1 Å². The molecule has 0 aromatic heterocycles. The third kappa shape index (κ3) is 11.5. The summed E-state index contributed by atoms with van der Waals surface area (Å²) in [7, 11) is 0. The standard InChI is InChI=1S/C23H23F4NO4.C4H7NO4/c24-17-11-18(25)22(27)23(21(17)26)32-20(31)10-14-6-8-15(9-7-14)12-28(13-19(29)30)16-4-2-1-3-5-16;6-3(7)1-5-2-4(8)9/h6-9,11,16H,1-5,10,12-13H2,(H,29,30);5H,1-2H2,(H,6,7)(H,8,9). The summed E-state index contributed by atoms with van der Waals surface area (Å²) in [4.78, 5) is 44.7. The van der Waals surface area contributed by atoms with Gasteiger partial charge in [-0.25, -0.2) is 8.78 Å². The number of ether oxygens (including phenoxy) is 1. The van der Waals surface area contributed by atoms with Gasteiger partial charge in [-0.3, -0.25) is 29.4 Å². The van der Waals surface area contributed by atoms with Crippen LogP contribution in [0.4, 0.5) is 17.6 Å². The Kier molecular flexibility index (Phi) is 13.2. The van der Waals surface area contributed by atoms with Crippen molar-refractivity contribution in [1.29, 1.82) is 0 Å². The predicted octanol–water partition coefficient (Wildman–Crippen LogP) is 3.36. The Morgan fingerprint density at radius 1 is 0.805 bits per heavy atom. The quantitative estimate of drug-likeness (QED) is 0.126. The predicted molar refractivity (Wildman–Crippen MR) is 135 cm³/mol. The molecule has 0 spiro atoms. The van der Waals surface area contributed by atoms with Crippen molar-refractivity contribution in [2.75, 3.05) is 19.6 Å². The smallest absolute Gasteiger partial charge is 0.317 e. The molecule has 1 fully saturated rings. The largest absolute Gasteiger partial charge is 0.480 e. The molecule has 14 heteroatoms. The molecule has 0 aliphatic heterocycles. The van der Waals surface area contributed by atoms with E-state index in [-0.39, 0.29) is 38.2 Å². The van der Waals surface area contributed by atoms with Gasteiger partial charge in [-0.2, -0.15) is 8.78 Å². The van der Waals surface area contributed by atoms with Gasteiger partial charge in [0.2, 0.25) is 17.4 Å². The van der Waals surface area contributed by atoms with Gasteiger partial charge in [-0.05, 0) is 24.0 Å². The van der Waals surface area contributed by atoms with E-state index < -0.39 is 52.9 Å². The average Bonchev–Trinajstić information content (AvgIpc) is 2.91. The fraction of sp³-hybridized carbons (Fsp3) is 0.407. The van der Waals surface area contributed by atoms with Crippen LogP contribution >= 0.6 is 0 Å². The first-order chi connectivity index (χ1) is 19.4. The Hall–Kier alpha value is -4.04. The second kappa shape index (κ2) is 16.3. The van der Waals surface area contributed by atoms with Crippen molar-refractivity contribution < 1.29 is 56.8 Å². The molecule has 2 aromatic carbocycles. The van der Waals surface area contributed by atoms with E-state index in [1.165, 1.54) is 0 Å². The summed E-state index contributed by atoms with van der Waals surface area (Å²) in [5.74, 6) is -12.4. The highest BCUT2D eigenvalue weighted by atomic mass is 19.2. The first-order valence-corrected chi connectivity index (χ1v) is 12.6. The number of nitrogens with zero attached hydrogens (tertiary/aromatic N) is 1. The molecule has 1 aliphatic rings. The van der Waals surface area contributed by atoms with Crippen LogP contribution in [0.5, 0.6) is 5.75 Å². The summed E-state index contributed by atoms with van der Waals surface area (Å²) in [6, 6.07) is 6.89. The minimum atomic E-state index is -1.78. The highest BCUT2D eigenvalue weighted by molar-refractivity contribution is 5.75. The maximum atomic E-state index is 13.7. The van der Waals surface area contributed by atoms with Gasteiger partial charge in [0.1, 0.15) is 0 Å². The highest BCUT2D eigenvalue weighted by Gasteiger charge is 2.24. The van der Waals surface area contributed by atoms with Crippen molar-refractivity contribution in [2.24, 2.45) is 0 Å². The number of carboxylic acid groups (broad SMARTS) is 3. The molecule has 0 unspecified atom stereocenters. The Bertz CT molecular complexity index is 1180. The number of carbonyl (C=O) groups excluding carboxylic acids is 1. The molecular formula is C27H30F4N2O8. The second-order valence-corrected chi connectivity index (χ2v) is 9.25. The van der Waals surface area contributed by atoms with E-state index >= 15 is 0 Å². The molecule has 0 bridgehead atoms. The molecule has 10 nitrogen and oxygen atoms in total. The normalized spacial score (nSPS) is 13.3. The average molecular weight is 587 g/mol. The van der Waals surface area contributed by atoms with Crippen LogP contribution in [-0.2, 0) is 32.1 Å². The first-order valence-electron chi connectivity index (χ1n) is 12.6. The van der Waals surface area contributed by atoms with Crippen LogP contribution < -0.4 is 10.1 Å². The van der Waals surface area contributed by atoms with E-state index in [9.17, 15) is 41.8 Å². The summed E-state index contributed by atoms with van der Waals surface area (Å²) < 4.78 is 58.3. The zero-order valence-electron chi connectivity index (χ0n) is 21.9. The number of aliphatic carboxylic acids is 3. The van der Waals surface area contributed by atoms with Gasteiger partial charge in [0, 0.05) is 18.7 Å². The topological polar surface area (TPSA) is 153 Å². The summed E-state index contributed by atoms with van der Waals surface area (Å²) in [5, 5.41) is 27.4. The molecule has 0 atom stereocenters. The van der Waals surface area contributed by atoms with Crippen LogP contribution in [0.15, 0.2) is 30.3 Å². The van der Waals surface area contributed by atoms with Gasteiger partial charge in [0.25, 0.3) is 0 Å². The van der Waals surface area contributed by atoms with Crippen LogP contribution in [0.1, 0.15) is 43.2 Å². The Morgan fingerprint density at radius 2 is 1.32 bits per heavy atom. The van der Waals surface area contributed by atoms with Crippen LogP contribution in [0, 0.1) is 23.3 Å². The number of rotatable bonds is 12. The van der Waals surface area contributed by atoms with Crippen molar-refractivity contribution in [3.63, 3.8) is 0 Å². The molecule has 41 heavy (non-hydrogen) atoms. The molecule has 2 aromatic rings. The summed E-state index contributed by atoms with van der Waals surface area (Å²) in [6.07, 6.45) is 4.81. The highest BCUT2D eigenvalue weighted by Crippen LogP contribution is 2.27. The summed E-state index contributed by atoms with van der Waals surface area (Å²) in [5.41, 5.74) is 1.30. The van der Waals surface area contributed by atoms with Gasteiger partial charge >= 0.3 is 23.9 Å². The second-order valence-electron chi connectivity index (χ2n) is 9.25. The zero-order valence-corrected chi connectivity index (χ0v) is 21.9. The number of carboxylic acids is 3. The minimum Gasteiger partial charge on any atom is -0.480 e. The lowest BCUT2D eigenvalue weighted by atomic mass is 9.93. The maximum absolute atomic E-state index is 13.7. The van der Waals surface area contributed by atoms with Crippen LogP contribution in [0.2, 0.25) is 0 Å². The third-order valence-electron chi connectivity index (χ3n) is 6.03. The number of benzene rings is 2. The van der Waals surface area contributed by atoms with Crippen molar-refractivity contribution in [3.05, 3.63) is 64.7 Å². The maximum Gasteiger partial charge on any atom is 0.317 e. The number of hydrogen-bond donors (Lipinski definition) is 4. The van der Waals surface area contributed by atoms with Crippen LogP contribution in [-0.4, -0.2) is 69.8 Å². The van der Waals surface area contributed by atoms with Crippen molar-refractivity contribution in [3.8, 4) is 5.75 Å². The first kappa shape index (κ1) is 33.2. The number of hydrogen-bond acceptors (Lipinski definition) is 7. The molecule has 0 heterocycles. The van der Waals surface area contributed by atoms with E-state index in [0.717, 1.165) is 37.7 Å². The van der Waals surface area contributed by atoms with E-state index in [2.05, 4.69) is 10.1 Å². The van der Waals surface area contributed by atoms with Crippen molar-refractivity contribution in [1.82, 2.24) is 10.2 Å². The fourth-order valence-corrected chi connectivity index (χ4v) is 4.16. The number of halogens is 4. The van der Waals surface area contributed by atoms with E-state index in [1.807, 2.05) is 4.90 Å². The minimum absolute atomic E-state index is 0.0295. The van der Waals surface area contributed by atoms with E-state index in [4.69, 9.17) is 10.2 Å². The monoisotopic (exact) mass is 586 g/mol. The van der Waals surface area contributed by atoms with Gasteiger partial charge in [-0.15, -0.1) is 0 Å². The van der Waals surface area contributed by atoms with Crippen LogP contribution in [0.3, 0.4) is 0 Å². The summed E-state index contributed by atoms with van der Waals surface area (Å²) in [6.45, 7) is -0.265. The number of nitrogens with one attached hydrogen (secondary N) is 1. The lowest BCUT2D eigenvalue weighted by Gasteiger charge is -2.33. The van der Waals surface area contributed by atoms with E-state index in [1.54, 1.807) is 24.3 Å². The van der Waals surface area contributed by atoms with Gasteiger partial charge < -0.3 is 20.1 Å². The Balaban J connectivity index is 0.000000564. The van der Waals surface area contributed by atoms with Gasteiger partial charge in [0.15, 0.2) is 11.6 Å². The number of esters is 1. The zero-order chi connectivity index (χ0) is 30.5. The molecule has 224 valence electrons. The SMILES string of the molecule is O=C(O)CN(Cc1ccc(CC(=O)Oc2c(F)c(F)cc(F)c2F)cc1)C1CCCCC1.O=C(O)CNCC(=O)O. The van der Waals surface area contributed by atoms with Crippen molar-refractivity contribution >= 4 is 23.9 Å². The molecule has 0 saturated heterocycles. The Labute approximate surface area is 232 Å². The molecule has 3 rings (SSSR count). The van der Waals surface area contributed by atoms with Gasteiger partial charge in [-0.1, -0.05) is 43.5 Å². The number of carbonyl (C=O) groups is 4. The molecule has 0 radical (unpaired) electrons. The molecule has 1 saturated carbocycles. The lowest BCUT2D eigenvalue weighted by Crippen LogP contribution is -2.39. The van der Waals surface area contributed by atoms with Gasteiger partial charge in [0.05, 0.1) is 26.1 Å². The molecule has 0 amide bonds.